The van der Waals surface area contributed by atoms with Gasteiger partial charge in [-0.3, -0.25) is 10.2 Å². The van der Waals surface area contributed by atoms with E-state index in [1.165, 1.54) is 12.1 Å². The van der Waals surface area contributed by atoms with Gasteiger partial charge in [-0.25, -0.2) is 4.39 Å². The van der Waals surface area contributed by atoms with Gasteiger partial charge in [-0.1, -0.05) is 42.5 Å². The number of halogens is 1. The molecule has 4 aromatic carbocycles. The normalized spacial score (nSPS) is 16.8. The Morgan fingerprint density at radius 2 is 1.53 bits per heavy atom. The number of carbonyl (C=O) groups is 1. The van der Waals surface area contributed by atoms with Crippen molar-refractivity contribution in [1.82, 2.24) is 5.32 Å². The van der Waals surface area contributed by atoms with E-state index in [0.29, 0.717) is 29.2 Å². The third kappa shape index (κ3) is 3.89. The van der Waals surface area contributed by atoms with Gasteiger partial charge < -0.3 is 20.5 Å². The average Bonchev–Trinajstić information content (AvgIpc) is 3.44. The van der Waals surface area contributed by atoms with Crippen molar-refractivity contribution in [3.8, 4) is 11.5 Å². The fourth-order valence-electron chi connectivity index (χ4n) is 4.78. The second-order valence-corrected chi connectivity index (χ2v) is 8.88. The highest BCUT2D eigenvalue weighted by Crippen LogP contribution is 2.55. The summed E-state index contributed by atoms with van der Waals surface area (Å²) in [5.74, 6) is 0.494. The van der Waals surface area contributed by atoms with Crippen LogP contribution in [-0.4, -0.2) is 11.7 Å². The number of carbonyl (C=O) groups excluding carboxylic acids is 1. The van der Waals surface area contributed by atoms with Crippen LogP contribution in [0.4, 0.5) is 4.39 Å². The summed E-state index contributed by atoms with van der Waals surface area (Å²) in [4.78, 5) is 12.9. The fraction of sp³-hybridized carbons (Fsp3) is 0.103. The van der Waals surface area contributed by atoms with Gasteiger partial charge in [0.05, 0.1) is 0 Å². The van der Waals surface area contributed by atoms with Crippen molar-refractivity contribution in [1.29, 1.82) is 5.41 Å². The predicted molar refractivity (Wildman–Crippen MR) is 133 cm³/mol. The molecule has 2 aliphatic rings. The molecule has 6 nitrogen and oxygen atoms in total. The zero-order valence-corrected chi connectivity index (χ0v) is 19.1. The zero-order chi connectivity index (χ0) is 24.8. The molecular formula is C29H22FN3O3. The molecule has 2 aliphatic heterocycles. The summed E-state index contributed by atoms with van der Waals surface area (Å²) in [6.07, 6.45) is -0.469. The first kappa shape index (κ1) is 22.0. The van der Waals surface area contributed by atoms with E-state index in [-0.39, 0.29) is 29.8 Å². The maximum Gasteiger partial charge on any atom is 0.251 e. The summed E-state index contributed by atoms with van der Waals surface area (Å²) >= 11 is 0. The fourth-order valence-corrected chi connectivity index (χ4v) is 4.78. The number of benzene rings is 4. The molecule has 7 heteroatoms. The number of nitrogens with two attached hydrogens (primary N) is 1. The summed E-state index contributed by atoms with van der Waals surface area (Å²) in [5.41, 5.74) is 11.7. The number of hydrogen-bond donors (Lipinski definition) is 3. The van der Waals surface area contributed by atoms with Crippen LogP contribution in [0.25, 0.3) is 0 Å². The summed E-state index contributed by atoms with van der Waals surface area (Å²) in [6, 6.07) is 24.6. The van der Waals surface area contributed by atoms with Crippen LogP contribution < -0.4 is 15.8 Å². The Kier molecular flexibility index (Phi) is 5.27. The lowest BCUT2D eigenvalue weighted by Crippen LogP contribution is -2.23. The van der Waals surface area contributed by atoms with Crippen LogP contribution in [0.5, 0.6) is 11.5 Å². The molecule has 0 saturated heterocycles. The van der Waals surface area contributed by atoms with Crippen molar-refractivity contribution >= 4 is 11.7 Å². The van der Waals surface area contributed by atoms with E-state index in [9.17, 15) is 9.18 Å². The first-order valence-corrected chi connectivity index (χ1v) is 11.5. The largest absolute Gasteiger partial charge is 0.457 e. The van der Waals surface area contributed by atoms with Gasteiger partial charge >= 0.3 is 0 Å². The maximum absolute atomic E-state index is 13.5. The second kappa shape index (κ2) is 8.62. The van der Waals surface area contributed by atoms with Crippen LogP contribution in [0.2, 0.25) is 0 Å². The molecule has 2 atom stereocenters. The van der Waals surface area contributed by atoms with Crippen LogP contribution in [0.1, 0.15) is 55.9 Å². The average molecular weight is 480 g/mol. The molecule has 4 N–H and O–H groups in total. The third-order valence-electron chi connectivity index (χ3n) is 6.56. The Bertz CT molecular complexity index is 1520. The molecule has 0 fully saturated rings. The number of amides is 1. The standard InChI is InChI=1S/C29H22FN3O3/c30-19-2-1-3-20(13-19)35-21-9-11-23-25(14-21)27-24-12-18(8-10-22(24)26(23)36-27)29(34)33-15-16-4-6-17(7-5-16)28(31)32/h1-14,26-27H,15H2,(H3,31,32)(H,33,34). The minimum Gasteiger partial charge on any atom is -0.457 e. The van der Waals surface area contributed by atoms with E-state index >= 15 is 0 Å². The lowest BCUT2D eigenvalue weighted by Gasteiger charge is -2.18. The van der Waals surface area contributed by atoms with Gasteiger partial charge in [-0.2, -0.15) is 0 Å². The number of ether oxygens (including phenoxy) is 2. The summed E-state index contributed by atoms with van der Waals surface area (Å²) in [7, 11) is 0. The van der Waals surface area contributed by atoms with E-state index in [1.54, 1.807) is 24.3 Å². The molecule has 1 amide bonds. The van der Waals surface area contributed by atoms with E-state index in [4.69, 9.17) is 20.6 Å². The van der Waals surface area contributed by atoms with Crippen LogP contribution >= 0.6 is 0 Å². The Balaban J connectivity index is 1.19. The lowest BCUT2D eigenvalue weighted by atomic mass is 9.85. The van der Waals surface area contributed by atoms with Crippen molar-refractivity contribution in [3.05, 3.63) is 130 Å². The highest BCUT2D eigenvalue weighted by molar-refractivity contribution is 5.95. The maximum atomic E-state index is 13.5. The summed E-state index contributed by atoms with van der Waals surface area (Å²) in [6.45, 7) is 0.361. The number of fused-ring (bicyclic) bond motifs is 8. The van der Waals surface area contributed by atoms with Crippen LogP contribution in [-0.2, 0) is 11.3 Å². The van der Waals surface area contributed by atoms with Crippen molar-refractivity contribution < 1.29 is 18.7 Å². The second-order valence-electron chi connectivity index (χ2n) is 8.88. The molecule has 0 radical (unpaired) electrons. The van der Waals surface area contributed by atoms with Gasteiger partial charge in [0, 0.05) is 23.7 Å². The molecule has 2 unspecified atom stereocenters. The Morgan fingerprint density at radius 1 is 0.861 bits per heavy atom. The molecule has 0 aromatic heterocycles. The van der Waals surface area contributed by atoms with Crippen molar-refractivity contribution in [2.24, 2.45) is 5.73 Å². The van der Waals surface area contributed by atoms with E-state index < -0.39 is 0 Å². The van der Waals surface area contributed by atoms with E-state index in [0.717, 1.165) is 27.8 Å². The number of hydrogen-bond acceptors (Lipinski definition) is 4. The van der Waals surface area contributed by atoms with Gasteiger partial charge in [-0.15, -0.1) is 0 Å². The van der Waals surface area contributed by atoms with Crippen LogP contribution in [0.3, 0.4) is 0 Å². The molecule has 0 aliphatic carbocycles. The molecule has 2 bridgehead atoms. The van der Waals surface area contributed by atoms with Gasteiger partial charge in [0.2, 0.25) is 0 Å². The number of nitrogen functional groups attached to an aromatic ring is 1. The van der Waals surface area contributed by atoms with Gasteiger partial charge in [0.25, 0.3) is 5.91 Å². The molecular weight excluding hydrogens is 457 g/mol. The SMILES string of the molecule is N=C(N)c1ccc(CNC(=O)c2ccc3c(c2)C2OC3c3ccc(Oc4cccc(F)c4)cc32)cc1. The zero-order valence-electron chi connectivity index (χ0n) is 19.1. The Hall–Kier alpha value is -4.49. The molecule has 178 valence electrons. The molecule has 0 spiro atoms. The van der Waals surface area contributed by atoms with Gasteiger partial charge in [-0.05, 0) is 64.2 Å². The molecule has 36 heavy (non-hydrogen) atoms. The number of amidine groups is 1. The minimum atomic E-state index is -0.358. The monoisotopic (exact) mass is 479 g/mol. The van der Waals surface area contributed by atoms with Gasteiger partial charge in [0.15, 0.2) is 0 Å². The van der Waals surface area contributed by atoms with Crippen molar-refractivity contribution in [2.75, 3.05) is 0 Å². The number of rotatable bonds is 6. The summed E-state index contributed by atoms with van der Waals surface area (Å²) < 4.78 is 25.6. The highest BCUT2D eigenvalue weighted by Gasteiger charge is 2.43. The molecule has 6 rings (SSSR count). The topological polar surface area (TPSA) is 97.4 Å². The molecule has 0 saturated carbocycles. The highest BCUT2D eigenvalue weighted by atomic mass is 19.1. The number of nitrogens with one attached hydrogen (secondary N) is 2. The molecule has 4 aromatic rings. The summed E-state index contributed by atoms with van der Waals surface area (Å²) in [5, 5.41) is 10.4. The minimum absolute atomic E-state index is 0.00876. The third-order valence-corrected chi connectivity index (χ3v) is 6.56. The van der Waals surface area contributed by atoms with E-state index in [2.05, 4.69) is 5.32 Å². The smallest absolute Gasteiger partial charge is 0.251 e. The van der Waals surface area contributed by atoms with Crippen LogP contribution in [0, 0.1) is 11.2 Å². The first-order chi connectivity index (χ1) is 17.5. The first-order valence-electron chi connectivity index (χ1n) is 11.5. The predicted octanol–water partition coefficient (Wildman–Crippen LogP) is 5.35. The van der Waals surface area contributed by atoms with E-state index in [1.807, 2.05) is 48.5 Å². The Morgan fingerprint density at radius 3 is 2.28 bits per heavy atom. The van der Waals surface area contributed by atoms with Crippen LogP contribution in [0.15, 0.2) is 84.9 Å². The van der Waals surface area contributed by atoms with Crippen molar-refractivity contribution in [2.45, 2.75) is 18.8 Å². The Labute approximate surface area is 207 Å². The van der Waals surface area contributed by atoms with Crippen molar-refractivity contribution in [3.63, 3.8) is 0 Å². The van der Waals surface area contributed by atoms with Gasteiger partial charge in [0.1, 0.15) is 35.4 Å². The lowest BCUT2D eigenvalue weighted by molar-refractivity contribution is 0.0857. The molecule has 2 heterocycles. The quantitative estimate of drug-likeness (QED) is 0.256.